The zero-order valence-corrected chi connectivity index (χ0v) is 13.5. The van der Waals surface area contributed by atoms with Gasteiger partial charge < -0.3 is 19.5 Å². The van der Waals surface area contributed by atoms with Gasteiger partial charge in [-0.1, -0.05) is 6.07 Å². The molecule has 0 aliphatic carbocycles. The average Bonchev–Trinajstić information content (AvgIpc) is 2.44. The maximum atomic E-state index is 11.6. The Kier molecular flexibility index (Phi) is 6.49. The van der Waals surface area contributed by atoms with Gasteiger partial charge in [-0.3, -0.25) is 4.79 Å². The second-order valence-electron chi connectivity index (χ2n) is 5.69. The highest BCUT2D eigenvalue weighted by Crippen LogP contribution is 2.27. The molecule has 0 aliphatic rings. The predicted octanol–water partition coefficient (Wildman–Crippen LogP) is 2.18. The first-order chi connectivity index (χ1) is 9.85. The van der Waals surface area contributed by atoms with Gasteiger partial charge in [-0.25, -0.2) is 0 Å². The Hall–Kier alpha value is -1.75. The number of hydrogen-bond donors (Lipinski definition) is 1. The lowest BCUT2D eigenvalue weighted by Gasteiger charge is -2.19. The van der Waals surface area contributed by atoms with E-state index in [-0.39, 0.29) is 18.1 Å². The van der Waals surface area contributed by atoms with Crippen LogP contribution in [0.5, 0.6) is 11.5 Å². The molecule has 1 rings (SSSR count). The van der Waals surface area contributed by atoms with E-state index in [1.807, 2.05) is 39.0 Å². The molecule has 21 heavy (non-hydrogen) atoms. The zero-order valence-electron chi connectivity index (χ0n) is 13.5. The van der Waals surface area contributed by atoms with Crippen LogP contribution in [0, 0.1) is 0 Å². The lowest BCUT2D eigenvalue weighted by atomic mass is 10.1. The van der Waals surface area contributed by atoms with Gasteiger partial charge in [-0.05, 0) is 44.9 Å². The minimum Gasteiger partial charge on any atom is -0.493 e. The summed E-state index contributed by atoms with van der Waals surface area (Å²) in [6.45, 7) is 6.40. The van der Waals surface area contributed by atoms with Gasteiger partial charge in [-0.15, -0.1) is 0 Å². The Morgan fingerprint density at radius 1 is 1.14 bits per heavy atom. The van der Waals surface area contributed by atoms with Crippen LogP contribution in [0.2, 0.25) is 0 Å². The Bertz CT molecular complexity index is 466. The fourth-order valence-corrected chi connectivity index (χ4v) is 1.72. The monoisotopic (exact) mass is 295 g/mol. The van der Waals surface area contributed by atoms with E-state index in [0.29, 0.717) is 18.0 Å². The van der Waals surface area contributed by atoms with E-state index in [1.54, 1.807) is 14.2 Å². The van der Waals surface area contributed by atoms with E-state index in [9.17, 15) is 4.79 Å². The molecule has 0 radical (unpaired) electrons. The molecule has 0 spiro atoms. The van der Waals surface area contributed by atoms with Crippen molar-refractivity contribution in [2.45, 2.75) is 32.8 Å². The molecule has 0 saturated carbocycles. The molecule has 1 N–H and O–H groups in total. The van der Waals surface area contributed by atoms with Gasteiger partial charge in [0.25, 0.3) is 0 Å². The summed E-state index contributed by atoms with van der Waals surface area (Å²) in [5.41, 5.74) is 0.769. The van der Waals surface area contributed by atoms with E-state index in [1.165, 1.54) is 0 Å². The first-order valence-corrected chi connectivity index (χ1v) is 6.97. The van der Waals surface area contributed by atoms with Crippen LogP contribution in [0.25, 0.3) is 0 Å². The highest BCUT2D eigenvalue weighted by Gasteiger charge is 2.12. The van der Waals surface area contributed by atoms with Gasteiger partial charge in [0, 0.05) is 6.54 Å². The maximum absolute atomic E-state index is 11.6. The summed E-state index contributed by atoms with van der Waals surface area (Å²) < 4.78 is 15.8. The third kappa shape index (κ3) is 6.49. The predicted molar refractivity (Wildman–Crippen MR) is 82.0 cm³/mol. The molecule has 0 fully saturated rings. The van der Waals surface area contributed by atoms with Crippen LogP contribution in [0.1, 0.15) is 26.3 Å². The van der Waals surface area contributed by atoms with Crippen LogP contribution in [0.15, 0.2) is 18.2 Å². The van der Waals surface area contributed by atoms with Crippen LogP contribution in [-0.4, -0.2) is 38.9 Å². The normalized spacial score (nSPS) is 11.1. The SMILES string of the molecule is COc1ccc(CCNC(=O)COC(C)(C)C)cc1OC. The molecule has 1 aromatic rings. The van der Waals surface area contributed by atoms with Crippen LogP contribution in [0.3, 0.4) is 0 Å². The summed E-state index contributed by atoms with van der Waals surface area (Å²) in [6, 6.07) is 5.73. The number of carbonyl (C=O) groups excluding carboxylic acids is 1. The van der Waals surface area contributed by atoms with Crippen molar-refractivity contribution in [1.29, 1.82) is 0 Å². The third-order valence-corrected chi connectivity index (χ3v) is 2.82. The first-order valence-electron chi connectivity index (χ1n) is 6.97. The van der Waals surface area contributed by atoms with Gasteiger partial charge in [0.15, 0.2) is 11.5 Å². The molecule has 1 aromatic carbocycles. The number of ether oxygens (including phenoxy) is 3. The van der Waals surface area contributed by atoms with Crippen LogP contribution >= 0.6 is 0 Å². The highest BCUT2D eigenvalue weighted by atomic mass is 16.5. The van der Waals surface area contributed by atoms with Crippen LogP contribution in [-0.2, 0) is 16.0 Å². The van der Waals surface area contributed by atoms with Crippen molar-refractivity contribution in [3.05, 3.63) is 23.8 Å². The van der Waals surface area contributed by atoms with Crippen molar-refractivity contribution in [3.8, 4) is 11.5 Å². The lowest BCUT2D eigenvalue weighted by molar-refractivity contribution is -0.130. The molecule has 0 atom stereocenters. The van der Waals surface area contributed by atoms with Crippen molar-refractivity contribution in [1.82, 2.24) is 5.32 Å². The largest absolute Gasteiger partial charge is 0.493 e. The fraction of sp³-hybridized carbons (Fsp3) is 0.562. The number of amides is 1. The minimum atomic E-state index is -0.305. The van der Waals surface area contributed by atoms with Crippen molar-refractivity contribution in [3.63, 3.8) is 0 Å². The van der Waals surface area contributed by atoms with Crippen LogP contribution < -0.4 is 14.8 Å². The van der Waals surface area contributed by atoms with E-state index in [0.717, 1.165) is 12.0 Å². The number of methoxy groups -OCH3 is 2. The maximum Gasteiger partial charge on any atom is 0.246 e. The van der Waals surface area contributed by atoms with E-state index >= 15 is 0 Å². The second kappa shape index (κ2) is 7.88. The van der Waals surface area contributed by atoms with Crippen molar-refractivity contribution >= 4 is 5.91 Å². The number of rotatable bonds is 7. The lowest BCUT2D eigenvalue weighted by Crippen LogP contribution is -2.33. The van der Waals surface area contributed by atoms with Gasteiger partial charge in [0.05, 0.1) is 19.8 Å². The molecular formula is C16H25NO4. The van der Waals surface area contributed by atoms with Crippen molar-refractivity contribution in [2.75, 3.05) is 27.4 Å². The Morgan fingerprint density at radius 2 is 1.81 bits per heavy atom. The molecule has 5 nitrogen and oxygen atoms in total. The summed E-state index contributed by atoms with van der Waals surface area (Å²) in [4.78, 5) is 11.6. The fourth-order valence-electron chi connectivity index (χ4n) is 1.72. The number of nitrogens with one attached hydrogen (secondary N) is 1. The molecule has 0 unspecified atom stereocenters. The standard InChI is InChI=1S/C16H25NO4/c1-16(2,3)21-11-15(18)17-9-8-12-6-7-13(19-4)14(10-12)20-5/h6-7,10H,8-9,11H2,1-5H3,(H,17,18). The minimum absolute atomic E-state index is 0.0788. The third-order valence-electron chi connectivity index (χ3n) is 2.82. The van der Waals surface area contributed by atoms with Gasteiger partial charge in [-0.2, -0.15) is 0 Å². The van der Waals surface area contributed by atoms with E-state index in [2.05, 4.69) is 5.32 Å². The molecule has 0 aromatic heterocycles. The molecule has 0 bridgehead atoms. The Labute approximate surface area is 126 Å². The molecule has 0 heterocycles. The smallest absolute Gasteiger partial charge is 0.246 e. The van der Waals surface area contributed by atoms with Gasteiger partial charge in [0.1, 0.15) is 6.61 Å². The van der Waals surface area contributed by atoms with Gasteiger partial charge >= 0.3 is 0 Å². The number of benzene rings is 1. The summed E-state index contributed by atoms with van der Waals surface area (Å²) in [5.74, 6) is 1.28. The summed E-state index contributed by atoms with van der Waals surface area (Å²) in [6.07, 6.45) is 0.724. The molecule has 0 saturated heterocycles. The van der Waals surface area contributed by atoms with Crippen LogP contribution in [0.4, 0.5) is 0 Å². The van der Waals surface area contributed by atoms with Crippen molar-refractivity contribution < 1.29 is 19.0 Å². The topological polar surface area (TPSA) is 56.8 Å². The molecule has 118 valence electrons. The summed E-state index contributed by atoms with van der Waals surface area (Å²) in [7, 11) is 3.21. The molecule has 0 aliphatic heterocycles. The quantitative estimate of drug-likeness (QED) is 0.837. The van der Waals surface area contributed by atoms with E-state index < -0.39 is 0 Å². The Morgan fingerprint density at radius 3 is 2.38 bits per heavy atom. The zero-order chi connectivity index (χ0) is 15.9. The first kappa shape index (κ1) is 17.3. The number of hydrogen-bond acceptors (Lipinski definition) is 4. The van der Waals surface area contributed by atoms with Crippen molar-refractivity contribution in [2.24, 2.45) is 0 Å². The number of carbonyl (C=O) groups is 1. The Balaban J connectivity index is 2.40. The van der Waals surface area contributed by atoms with E-state index in [4.69, 9.17) is 14.2 Å². The molecular weight excluding hydrogens is 270 g/mol. The highest BCUT2D eigenvalue weighted by molar-refractivity contribution is 5.77. The molecule has 5 heteroatoms. The molecule has 1 amide bonds. The van der Waals surface area contributed by atoms with Gasteiger partial charge in [0.2, 0.25) is 5.91 Å². The summed E-state index contributed by atoms with van der Waals surface area (Å²) >= 11 is 0. The summed E-state index contributed by atoms with van der Waals surface area (Å²) in [5, 5.41) is 2.83. The average molecular weight is 295 g/mol. The second-order valence-corrected chi connectivity index (χ2v) is 5.69.